The lowest BCUT2D eigenvalue weighted by atomic mass is 9.99. The van der Waals surface area contributed by atoms with E-state index in [1.54, 1.807) is 6.92 Å². The van der Waals surface area contributed by atoms with Gasteiger partial charge in [0.15, 0.2) is 0 Å². The lowest BCUT2D eigenvalue weighted by molar-refractivity contribution is 0.438. The fraction of sp³-hybridized carbons (Fsp3) is 0.455. The Morgan fingerprint density at radius 2 is 2.07 bits per heavy atom. The van der Waals surface area contributed by atoms with Gasteiger partial charge in [0.25, 0.3) is 0 Å². The van der Waals surface area contributed by atoms with Crippen LogP contribution < -0.4 is 11.3 Å². The molecule has 0 aromatic heterocycles. The summed E-state index contributed by atoms with van der Waals surface area (Å²) in [5.41, 5.74) is 3.04. The van der Waals surface area contributed by atoms with Crippen LogP contribution in [0.25, 0.3) is 0 Å². The summed E-state index contributed by atoms with van der Waals surface area (Å²) in [7, 11) is 0. The van der Waals surface area contributed by atoms with Crippen LogP contribution in [0.3, 0.4) is 0 Å². The first kappa shape index (κ1) is 10.5. The van der Waals surface area contributed by atoms with E-state index < -0.39 is 17.7 Å². The average molecular weight is 212 g/mol. The van der Waals surface area contributed by atoms with Gasteiger partial charge in [-0.15, -0.1) is 0 Å². The molecular formula is C11H14F2N2. The van der Waals surface area contributed by atoms with Gasteiger partial charge in [-0.25, -0.2) is 8.78 Å². The van der Waals surface area contributed by atoms with Gasteiger partial charge in [0.1, 0.15) is 11.6 Å². The molecule has 0 heterocycles. The second-order valence-electron chi connectivity index (χ2n) is 4.07. The van der Waals surface area contributed by atoms with Crippen molar-refractivity contribution >= 4 is 0 Å². The van der Waals surface area contributed by atoms with Gasteiger partial charge >= 0.3 is 0 Å². The molecule has 4 heteroatoms. The van der Waals surface area contributed by atoms with Crippen LogP contribution in [0.1, 0.15) is 30.0 Å². The Balaban J connectivity index is 2.44. The highest BCUT2D eigenvalue weighted by atomic mass is 19.1. The maximum atomic E-state index is 13.8. The summed E-state index contributed by atoms with van der Waals surface area (Å²) < 4.78 is 27.3. The molecule has 0 saturated heterocycles. The number of rotatable bonds is 3. The molecule has 15 heavy (non-hydrogen) atoms. The number of hydrogen-bond donors (Lipinski definition) is 2. The second kappa shape index (κ2) is 3.87. The summed E-state index contributed by atoms with van der Waals surface area (Å²) in [5.74, 6) is 4.61. The molecule has 2 rings (SSSR count). The Labute approximate surface area is 87.4 Å². The minimum atomic E-state index is -0.520. The summed E-state index contributed by atoms with van der Waals surface area (Å²) in [6.07, 6.45) is 1.95. The Bertz CT molecular complexity index is 375. The Kier molecular flexibility index (Phi) is 2.71. The zero-order valence-electron chi connectivity index (χ0n) is 8.56. The molecule has 0 amide bonds. The summed E-state index contributed by atoms with van der Waals surface area (Å²) in [6.45, 7) is 1.62. The fourth-order valence-electron chi connectivity index (χ4n) is 1.85. The van der Waals surface area contributed by atoms with Crippen LogP contribution in [0, 0.1) is 24.5 Å². The molecular weight excluding hydrogens is 198 g/mol. The molecule has 1 unspecified atom stereocenters. The topological polar surface area (TPSA) is 38.0 Å². The molecule has 1 atom stereocenters. The van der Waals surface area contributed by atoms with Crippen molar-refractivity contribution in [3.05, 3.63) is 34.9 Å². The smallest absolute Gasteiger partial charge is 0.133 e. The second-order valence-corrected chi connectivity index (χ2v) is 4.07. The highest BCUT2D eigenvalue weighted by molar-refractivity contribution is 5.30. The van der Waals surface area contributed by atoms with Gasteiger partial charge in [0.2, 0.25) is 0 Å². The average Bonchev–Trinajstić information content (AvgIpc) is 3.02. The number of halogens is 2. The van der Waals surface area contributed by atoms with Crippen molar-refractivity contribution in [1.82, 2.24) is 5.43 Å². The third-order valence-corrected chi connectivity index (χ3v) is 2.90. The molecule has 1 fully saturated rings. The third-order valence-electron chi connectivity index (χ3n) is 2.90. The molecule has 0 bridgehead atoms. The van der Waals surface area contributed by atoms with Crippen LogP contribution in [0.15, 0.2) is 12.1 Å². The van der Waals surface area contributed by atoms with E-state index in [-0.39, 0.29) is 11.5 Å². The Morgan fingerprint density at radius 1 is 1.40 bits per heavy atom. The number of benzene rings is 1. The van der Waals surface area contributed by atoms with Gasteiger partial charge in [-0.05, 0) is 37.3 Å². The molecule has 1 aromatic carbocycles. The maximum Gasteiger partial charge on any atom is 0.133 e. The zero-order chi connectivity index (χ0) is 11.0. The predicted molar refractivity (Wildman–Crippen MR) is 53.9 cm³/mol. The normalized spacial score (nSPS) is 17.9. The van der Waals surface area contributed by atoms with Gasteiger partial charge in [-0.3, -0.25) is 11.3 Å². The quantitative estimate of drug-likeness (QED) is 0.595. The molecule has 2 nitrogen and oxygen atoms in total. The minimum absolute atomic E-state index is 0.0833. The van der Waals surface area contributed by atoms with Gasteiger partial charge in [0.05, 0.1) is 6.04 Å². The van der Waals surface area contributed by atoms with E-state index in [0.29, 0.717) is 5.56 Å². The number of hydrogen-bond acceptors (Lipinski definition) is 2. The van der Waals surface area contributed by atoms with Crippen molar-refractivity contribution in [3.63, 3.8) is 0 Å². The molecule has 82 valence electrons. The van der Waals surface area contributed by atoms with Gasteiger partial charge < -0.3 is 0 Å². The van der Waals surface area contributed by atoms with Gasteiger partial charge in [-0.2, -0.15) is 0 Å². The van der Waals surface area contributed by atoms with E-state index >= 15 is 0 Å². The third kappa shape index (κ3) is 1.87. The fourth-order valence-corrected chi connectivity index (χ4v) is 1.85. The summed E-state index contributed by atoms with van der Waals surface area (Å²) in [4.78, 5) is 0. The van der Waals surface area contributed by atoms with Gasteiger partial charge in [0, 0.05) is 5.56 Å². The molecule has 0 radical (unpaired) electrons. The monoisotopic (exact) mass is 212 g/mol. The zero-order valence-corrected chi connectivity index (χ0v) is 8.56. The highest BCUT2D eigenvalue weighted by Crippen LogP contribution is 2.42. The van der Waals surface area contributed by atoms with E-state index in [1.807, 2.05) is 0 Å². The van der Waals surface area contributed by atoms with Crippen molar-refractivity contribution < 1.29 is 8.78 Å². The van der Waals surface area contributed by atoms with Crippen LogP contribution in [0.2, 0.25) is 0 Å². The highest BCUT2D eigenvalue weighted by Gasteiger charge is 2.35. The Hall–Kier alpha value is -1.00. The van der Waals surface area contributed by atoms with Crippen molar-refractivity contribution in [2.45, 2.75) is 25.8 Å². The lowest BCUT2D eigenvalue weighted by Gasteiger charge is -2.17. The van der Waals surface area contributed by atoms with E-state index in [2.05, 4.69) is 5.43 Å². The maximum absolute atomic E-state index is 13.8. The largest absolute Gasteiger partial charge is 0.271 e. The summed E-state index contributed by atoms with van der Waals surface area (Å²) >= 11 is 0. The van der Waals surface area contributed by atoms with Crippen LogP contribution in [0.4, 0.5) is 8.78 Å². The Morgan fingerprint density at radius 3 is 2.60 bits per heavy atom. The van der Waals surface area contributed by atoms with E-state index in [9.17, 15) is 8.78 Å². The first-order chi connectivity index (χ1) is 7.15. The molecule has 3 N–H and O–H groups in total. The predicted octanol–water partition coefficient (Wildman–Crippen LogP) is 2.19. The van der Waals surface area contributed by atoms with Crippen LogP contribution in [-0.2, 0) is 0 Å². The van der Waals surface area contributed by atoms with Crippen LogP contribution in [0.5, 0.6) is 0 Å². The molecule has 0 aliphatic heterocycles. The first-order valence-electron chi connectivity index (χ1n) is 5.05. The van der Waals surface area contributed by atoms with Crippen molar-refractivity contribution in [2.24, 2.45) is 11.8 Å². The van der Waals surface area contributed by atoms with Crippen LogP contribution >= 0.6 is 0 Å². The molecule has 1 aromatic rings. The summed E-state index contributed by atoms with van der Waals surface area (Å²) in [5, 5.41) is 0. The number of nitrogens with one attached hydrogen (secondary N) is 1. The molecule has 1 aliphatic carbocycles. The SMILES string of the molecule is Cc1ccc(F)c(C(NN)C2CC2)c1F. The minimum Gasteiger partial charge on any atom is -0.271 e. The van der Waals surface area contributed by atoms with E-state index in [4.69, 9.17) is 5.84 Å². The number of hydrazine groups is 1. The first-order valence-corrected chi connectivity index (χ1v) is 5.05. The number of nitrogens with two attached hydrogens (primary N) is 1. The van der Waals surface area contributed by atoms with Crippen molar-refractivity contribution in [1.29, 1.82) is 0 Å². The summed E-state index contributed by atoms with van der Waals surface area (Å²) in [6, 6.07) is 2.33. The number of aryl methyl sites for hydroxylation is 1. The van der Waals surface area contributed by atoms with E-state index in [0.717, 1.165) is 12.8 Å². The van der Waals surface area contributed by atoms with Crippen molar-refractivity contribution in [3.8, 4) is 0 Å². The van der Waals surface area contributed by atoms with E-state index in [1.165, 1.54) is 12.1 Å². The van der Waals surface area contributed by atoms with Crippen molar-refractivity contribution in [2.75, 3.05) is 0 Å². The molecule has 0 spiro atoms. The van der Waals surface area contributed by atoms with Crippen LogP contribution in [-0.4, -0.2) is 0 Å². The van der Waals surface area contributed by atoms with Gasteiger partial charge in [-0.1, -0.05) is 6.07 Å². The molecule has 1 aliphatic rings. The standard InChI is InChI=1S/C11H14F2N2/c1-6-2-5-8(12)9(10(6)13)11(15-14)7-3-4-7/h2,5,7,11,15H,3-4,14H2,1H3. The lowest BCUT2D eigenvalue weighted by Crippen LogP contribution is -2.31. The molecule has 1 saturated carbocycles.